The lowest BCUT2D eigenvalue weighted by atomic mass is 10.0. The molecule has 0 bridgehead atoms. The molecule has 0 aliphatic carbocycles. The molecule has 3 rings (SSSR count). The van der Waals surface area contributed by atoms with Crippen LogP contribution in [0.2, 0.25) is 0 Å². The lowest BCUT2D eigenvalue weighted by molar-refractivity contribution is -0.147. The quantitative estimate of drug-likeness (QED) is 0.813. The molecule has 0 amide bonds. The third kappa shape index (κ3) is 3.05. The lowest BCUT2D eigenvalue weighted by Gasteiger charge is -2.23. The Hall–Kier alpha value is -2.40. The van der Waals surface area contributed by atoms with Crippen LogP contribution in [0.1, 0.15) is 22.7 Å². The Morgan fingerprint density at radius 1 is 1.22 bits per heavy atom. The van der Waals surface area contributed by atoms with Gasteiger partial charge in [-0.2, -0.15) is 0 Å². The predicted molar refractivity (Wildman–Crippen MR) is 83.4 cm³/mol. The first kappa shape index (κ1) is 15.5. The molecule has 0 N–H and O–H groups in total. The number of halogens is 1. The second-order valence-electron chi connectivity index (χ2n) is 5.52. The SMILES string of the molecule is COC(=O)C1c2ccc(F)cc2CN1Cc1ccc(OC)cc1. The standard InChI is InChI=1S/C18H18FNO3/c1-22-15-6-3-12(4-7-15)10-20-11-13-9-14(19)5-8-16(13)17(20)18(21)23-2/h3-9,17H,10-11H2,1-2H3. The number of hydrogen-bond donors (Lipinski definition) is 0. The number of hydrogen-bond acceptors (Lipinski definition) is 4. The average Bonchev–Trinajstić information content (AvgIpc) is 2.91. The van der Waals surface area contributed by atoms with E-state index < -0.39 is 6.04 Å². The summed E-state index contributed by atoms with van der Waals surface area (Å²) in [5.41, 5.74) is 2.69. The van der Waals surface area contributed by atoms with Gasteiger partial charge in [-0.05, 0) is 41.0 Å². The molecule has 0 saturated carbocycles. The molecule has 5 heteroatoms. The third-order valence-electron chi connectivity index (χ3n) is 4.11. The van der Waals surface area contributed by atoms with Crippen LogP contribution in [0.15, 0.2) is 42.5 Å². The summed E-state index contributed by atoms with van der Waals surface area (Å²) in [6.45, 7) is 1.08. The van der Waals surface area contributed by atoms with Crippen LogP contribution in [-0.2, 0) is 22.6 Å². The molecule has 1 aliphatic heterocycles. The van der Waals surface area contributed by atoms with E-state index in [1.165, 1.54) is 19.2 Å². The van der Waals surface area contributed by atoms with Crippen molar-refractivity contribution in [2.24, 2.45) is 0 Å². The van der Waals surface area contributed by atoms with Crippen molar-refractivity contribution in [3.8, 4) is 5.75 Å². The van der Waals surface area contributed by atoms with Gasteiger partial charge in [0.2, 0.25) is 0 Å². The highest BCUT2D eigenvalue weighted by molar-refractivity contribution is 5.79. The fraction of sp³-hybridized carbons (Fsp3) is 0.278. The second kappa shape index (κ2) is 6.38. The van der Waals surface area contributed by atoms with Gasteiger partial charge >= 0.3 is 5.97 Å². The van der Waals surface area contributed by atoms with Crippen molar-refractivity contribution in [1.82, 2.24) is 4.90 Å². The van der Waals surface area contributed by atoms with Gasteiger partial charge in [0.25, 0.3) is 0 Å². The van der Waals surface area contributed by atoms with Crippen LogP contribution in [0, 0.1) is 5.82 Å². The normalized spacial score (nSPS) is 16.9. The summed E-state index contributed by atoms with van der Waals surface area (Å²) in [5.74, 6) is 0.160. The largest absolute Gasteiger partial charge is 0.497 e. The Bertz CT molecular complexity index is 715. The fourth-order valence-electron chi connectivity index (χ4n) is 2.99. The molecule has 1 heterocycles. The molecule has 1 aliphatic rings. The van der Waals surface area contributed by atoms with E-state index in [9.17, 15) is 9.18 Å². The van der Waals surface area contributed by atoms with Crippen molar-refractivity contribution in [2.75, 3.05) is 14.2 Å². The van der Waals surface area contributed by atoms with Gasteiger partial charge in [0.15, 0.2) is 0 Å². The highest BCUT2D eigenvalue weighted by atomic mass is 19.1. The van der Waals surface area contributed by atoms with Crippen molar-refractivity contribution in [3.05, 3.63) is 65.0 Å². The van der Waals surface area contributed by atoms with E-state index in [-0.39, 0.29) is 11.8 Å². The van der Waals surface area contributed by atoms with Crippen LogP contribution in [0.5, 0.6) is 5.75 Å². The Kier molecular flexibility index (Phi) is 4.30. The summed E-state index contributed by atoms with van der Waals surface area (Å²) in [5, 5.41) is 0. The smallest absolute Gasteiger partial charge is 0.327 e. The maximum absolute atomic E-state index is 13.5. The molecule has 0 aromatic heterocycles. The molecule has 120 valence electrons. The topological polar surface area (TPSA) is 38.8 Å². The number of carbonyl (C=O) groups is 1. The minimum atomic E-state index is -0.502. The summed E-state index contributed by atoms with van der Waals surface area (Å²) < 4.78 is 23.5. The van der Waals surface area contributed by atoms with Crippen LogP contribution in [0.25, 0.3) is 0 Å². The molecular formula is C18H18FNO3. The Balaban J connectivity index is 1.87. The summed E-state index contributed by atoms with van der Waals surface area (Å²) in [6, 6.07) is 11.7. The minimum Gasteiger partial charge on any atom is -0.497 e. The lowest BCUT2D eigenvalue weighted by Crippen LogP contribution is -2.28. The first-order valence-corrected chi connectivity index (χ1v) is 7.35. The molecule has 0 radical (unpaired) electrons. The van der Waals surface area contributed by atoms with Gasteiger partial charge in [0.05, 0.1) is 14.2 Å². The molecule has 4 nitrogen and oxygen atoms in total. The number of carbonyl (C=O) groups excluding carboxylic acids is 1. The number of rotatable bonds is 4. The number of methoxy groups -OCH3 is 2. The van der Waals surface area contributed by atoms with Gasteiger partial charge in [-0.1, -0.05) is 18.2 Å². The van der Waals surface area contributed by atoms with Gasteiger partial charge in [0.1, 0.15) is 17.6 Å². The van der Waals surface area contributed by atoms with E-state index in [0.717, 1.165) is 22.4 Å². The van der Waals surface area contributed by atoms with Crippen molar-refractivity contribution in [2.45, 2.75) is 19.1 Å². The van der Waals surface area contributed by atoms with Crippen LogP contribution < -0.4 is 4.74 Å². The molecule has 0 spiro atoms. The first-order valence-electron chi connectivity index (χ1n) is 7.35. The van der Waals surface area contributed by atoms with E-state index in [4.69, 9.17) is 9.47 Å². The van der Waals surface area contributed by atoms with E-state index in [1.807, 2.05) is 29.2 Å². The molecule has 1 atom stereocenters. The molecule has 23 heavy (non-hydrogen) atoms. The van der Waals surface area contributed by atoms with Gasteiger partial charge < -0.3 is 9.47 Å². The molecule has 0 saturated heterocycles. The van der Waals surface area contributed by atoms with E-state index in [0.29, 0.717) is 13.1 Å². The number of nitrogens with zero attached hydrogens (tertiary/aromatic N) is 1. The first-order chi connectivity index (χ1) is 11.1. The summed E-state index contributed by atoms with van der Waals surface area (Å²) in [7, 11) is 2.99. The highest BCUT2D eigenvalue weighted by Crippen LogP contribution is 2.36. The van der Waals surface area contributed by atoms with Gasteiger partial charge in [0, 0.05) is 13.1 Å². The van der Waals surface area contributed by atoms with Crippen molar-refractivity contribution in [1.29, 1.82) is 0 Å². The van der Waals surface area contributed by atoms with Crippen LogP contribution >= 0.6 is 0 Å². The molecular weight excluding hydrogens is 297 g/mol. The monoisotopic (exact) mass is 315 g/mol. The Morgan fingerprint density at radius 2 is 1.96 bits per heavy atom. The zero-order valence-corrected chi connectivity index (χ0v) is 13.1. The zero-order chi connectivity index (χ0) is 16.4. The minimum absolute atomic E-state index is 0.293. The maximum Gasteiger partial charge on any atom is 0.327 e. The van der Waals surface area contributed by atoms with E-state index in [2.05, 4.69) is 0 Å². The number of benzene rings is 2. The van der Waals surface area contributed by atoms with E-state index in [1.54, 1.807) is 13.2 Å². The maximum atomic E-state index is 13.5. The Morgan fingerprint density at radius 3 is 2.61 bits per heavy atom. The third-order valence-corrected chi connectivity index (χ3v) is 4.11. The summed E-state index contributed by atoms with van der Waals surface area (Å²) in [6.07, 6.45) is 0. The zero-order valence-electron chi connectivity index (χ0n) is 13.1. The second-order valence-corrected chi connectivity index (χ2v) is 5.52. The average molecular weight is 315 g/mol. The van der Waals surface area contributed by atoms with Crippen LogP contribution in [0.3, 0.4) is 0 Å². The molecule has 2 aromatic carbocycles. The fourth-order valence-corrected chi connectivity index (χ4v) is 2.99. The number of esters is 1. The van der Waals surface area contributed by atoms with Gasteiger partial charge in [-0.25, -0.2) is 9.18 Å². The van der Waals surface area contributed by atoms with Crippen molar-refractivity contribution < 1.29 is 18.7 Å². The van der Waals surface area contributed by atoms with Gasteiger partial charge in [-0.15, -0.1) is 0 Å². The van der Waals surface area contributed by atoms with Crippen molar-refractivity contribution >= 4 is 5.97 Å². The van der Waals surface area contributed by atoms with Crippen molar-refractivity contribution in [3.63, 3.8) is 0 Å². The molecule has 2 aromatic rings. The molecule has 1 unspecified atom stereocenters. The number of fused-ring (bicyclic) bond motifs is 1. The summed E-state index contributed by atoms with van der Waals surface area (Å²) >= 11 is 0. The van der Waals surface area contributed by atoms with Crippen LogP contribution in [0.4, 0.5) is 4.39 Å². The van der Waals surface area contributed by atoms with Crippen LogP contribution in [-0.4, -0.2) is 25.1 Å². The Labute approximate surface area is 134 Å². The summed E-state index contributed by atoms with van der Waals surface area (Å²) in [4.78, 5) is 14.2. The highest BCUT2D eigenvalue weighted by Gasteiger charge is 2.36. The van der Waals surface area contributed by atoms with E-state index >= 15 is 0 Å². The number of ether oxygens (including phenoxy) is 2. The van der Waals surface area contributed by atoms with Gasteiger partial charge in [-0.3, -0.25) is 4.90 Å². The predicted octanol–water partition coefficient (Wildman–Crippen LogP) is 3.06. The molecule has 0 fully saturated rings.